The molecule has 1 N–H and O–H groups in total. The number of hydrogen-bond acceptors (Lipinski definition) is 3. The second kappa shape index (κ2) is 7.85. The number of nitrogens with one attached hydrogen (secondary N) is 1. The number of halogens is 1. The van der Waals surface area contributed by atoms with E-state index in [4.69, 9.17) is 0 Å². The Bertz CT molecular complexity index is 773. The van der Waals surface area contributed by atoms with Gasteiger partial charge in [-0.05, 0) is 46.6 Å². The maximum Gasteiger partial charge on any atom is 0.126 e. The molecule has 1 aliphatic carbocycles. The summed E-state index contributed by atoms with van der Waals surface area (Å²) in [5, 5.41) is 8.88. The topological polar surface area (TPSA) is 28.7 Å². The van der Waals surface area contributed by atoms with Gasteiger partial charge in [0.1, 0.15) is 5.03 Å². The molecule has 1 aliphatic rings. The van der Waals surface area contributed by atoms with Gasteiger partial charge in [0.2, 0.25) is 0 Å². The third-order valence-electron chi connectivity index (χ3n) is 3.90. The van der Waals surface area contributed by atoms with E-state index in [0.717, 1.165) is 23.6 Å². The molecule has 0 unspecified atom stereocenters. The minimum Gasteiger partial charge on any atom is -0.276 e. The zero-order valence-corrected chi connectivity index (χ0v) is 17.0. The van der Waals surface area contributed by atoms with Crippen molar-refractivity contribution in [1.29, 1.82) is 0 Å². The van der Waals surface area contributed by atoms with Crippen LogP contribution < -0.4 is 0 Å². The molecule has 3 rings (SSSR count). The number of nitrogens with zero attached hydrogens (tertiary/aromatic N) is 1. The van der Waals surface area contributed by atoms with Gasteiger partial charge in [0.25, 0.3) is 0 Å². The van der Waals surface area contributed by atoms with Crippen LogP contribution in [0.3, 0.4) is 0 Å². The van der Waals surface area contributed by atoms with E-state index in [1.165, 1.54) is 25.2 Å². The Morgan fingerprint density at radius 3 is 2.43 bits per heavy atom. The van der Waals surface area contributed by atoms with Crippen LogP contribution >= 0.6 is 44.3 Å². The first-order chi connectivity index (χ1) is 11.3. The molecule has 0 bridgehead atoms. The highest BCUT2D eigenvalue weighted by molar-refractivity contribution is 14.2. The molecule has 2 aromatic rings. The van der Waals surface area contributed by atoms with Crippen LogP contribution in [0.1, 0.15) is 18.4 Å². The quantitative estimate of drug-likeness (QED) is 0.445. The van der Waals surface area contributed by atoms with Gasteiger partial charge in [-0.25, -0.2) is 0 Å². The van der Waals surface area contributed by atoms with Gasteiger partial charge in [-0.1, -0.05) is 49.5 Å². The fourth-order valence-electron chi connectivity index (χ4n) is 2.67. The third-order valence-corrected chi connectivity index (χ3v) is 7.20. The van der Waals surface area contributed by atoms with Crippen LogP contribution in [-0.4, -0.2) is 27.2 Å². The number of benzene rings is 1. The minimum atomic E-state index is -0.0261. The first-order valence-electron chi connectivity index (χ1n) is 7.32. The fraction of sp³-hybridized carbons (Fsp3) is 0.222. The maximum absolute atomic E-state index is 4.53. The van der Waals surface area contributed by atoms with Gasteiger partial charge < -0.3 is 0 Å². The first-order valence-corrected chi connectivity index (χ1v) is 12.4. The first kappa shape index (κ1) is 17.0. The molecule has 0 amide bonds. The van der Waals surface area contributed by atoms with Crippen LogP contribution in [-0.2, 0) is 0 Å². The summed E-state index contributed by atoms with van der Waals surface area (Å²) in [7, 11) is 0. The van der Waals surface area contributed by atoms with Gasteiger partial charge in [-0.3, -0.25) is 5.10 Å². The van der Waals surface area contributed by atoms with E-state index >= 15 is 0 Å². The third kappa shape index (κ3) is 3.67. The molecule has 0 fully saturated rings. The molecule has 120 valence electrons. The second-order valence-corrected chi connectivity index (χ2v) is 8.97. The van der Waals surface area contributed by atoms with E-state index in [-0.39, 0.29) is 20.7 Å². The molecule has 0 atom stereocenters. The Balaban J connectivity index is 2.05. The Labute approximate surface area is 156 Å². The lowest BCUT2D eigenvalue weighted by molar-refractivity contribution is 0.997. The van der Waals surface area contributed by atoms with Gasteiger partial charge in [0.15, 0.2) is 0 Å². The normalized spacial score (nSPS) is 14.5. The van der Waals surface area contributed by atoms with Crippen molar-refractivity contribution >= 4 is 54.3 Å². The van der Waals surface area contributed by atoms with Gasteiger partial charge in [0.05, 0.1) is 5.69 Å². The summed E-state index contributed by atoms with van der Waals surface area (Å²) in [6, 6.07) is 8.70. The molecule has 1 heterocycles. The van der Waals surface area contributed by atoms with Gasteiger partial charge in [-0.2, -0.15) is 5.10 Å². The SMILES string of the molecule is C=IC1=CC=C(c2c(SC)n[nH]c2-c2ccc(SC)cc2)CC1. The van der Waals surface area contributed by atoms with E-state index in [9.17, 15) is 0 Å². The Morgan fingerprint density at radius 2 is 1.87 bits per heavy atom. The molecule has 2 nitrogen and oxygen atoms in total. The zero-order chi connectivity index (χ0) is 16.2. The average molecular weight is 454 g/mol. The molecule has 0 radical (unpaired) electrons. The molecule has 0 aliphatic heterocycles. The summed E-state index contributed by atoms with van der Waals surface area (Å²) >= 11 is 3.44. The van der Waals surface area contributed by atoms with E-state index < -0.39 is 0 Å². The lowest BCUT2D eigenvalue weighted by Gasteiger charge is -2.14. The Morgan fingerprint density at radius 1 is 1.09 bits per heavy atom. The summed E-state index contributed by atoms with van der Waals surface area (Å²) in [6.45, 7) is 0. The van der Waals surface area contributed by atoms with Crippen molar-refractivity contribution < 1.29 is 0 Å². The van der Waals surface area contributed by atoms with Crippen molar-refractivity contribution in [2.75, 3.05) is 12.5 Å². The highest BCUT2D eigenvalue weighted by Gasteiger charge is 2.19. The fourth-order valence-corrected chi connectivity index (χ4v) is 4.74. The van der Waals surface area contributed by atoms with E-state index in [0.29, 0.717) is 0 Å². The van der Waals surface area contributed by atoms with Crippen molar-refractivity contribution in [2.24, 2.45) is 0 Å². The number of rotatable bonds is 5. The minimum absolute atomic E-state index is 0.0261. The number of allylic oxidation sites excluding steroid dienone is 4. The van der Waals surface area contributed by atoms with Gasteiger partial charge in [-0.15, -0.1) is 23.5 Å². The summed E-state index contributed by atoms with van der Waals surface area (Å²) in [5.74, 6) is 0. The predicted molar refractivity (Wildman–Crippen MR) is 114 cm³/mol. The van der Waals surface area contributed by atoms with Crippen LogP contribution in [0.15, 0.2) is 49.9 Å². The molecule has 23 heavy (non-hydrogen) atoms. The zero-order valence-electron chi connectivity index (χ0n) is 13.2. The summed E-state index contributed by atoms with van der Waals surface area (Å²) in [6.07, 6.45) is 11.0. The largest absolute Gasteiger partial charge is 0.276 e. The molecular formula is C18H19IN2S2. The highest BCUT2D eigenvalue weighted by atomic mass is 127. The molecule has 5 heteroatoms. The van der Waals surface area contributed by atoms with Crippen molar-refractivity contribution in [3.05, 3.63) is 45.6 Å². The monoisotopic (exact) mass is 454 g/mol. The summed E-state index contributed by atoms with van der Waals surface area (Å²) in [5.41, 5.74) is 4.99. The number of hydrogen-bond donors (Lipinski definition) is 1. The standard InChI is InChI=1S/C18H19IN2S2/c1-19-14-8-4-12(5-9-14)16-17(20-21-18(16)23-3)13-6-10-15(22-2)11-7-13/h4,6-8,10-11H,1,5,9H2,2-3H3,(H,20,21). The Kier molecular flexibility index (Phi) is 5.82. The molecular weight excluding hydrogens is 435 g/mol. The van der Waals surface area contributed by atoms with Gasteiger partial charge >= 0.3 is 0 Å². The average Bonchev–Trinajstić information content (AvgIpc) is 3.06. The maximum atomic E-state index is 4.53. The number of aromatic nitrogens is 2. The summed E-state index contributed by atoms with van der Waals surface area (Å²) < 4.78 is 5.63. The van der Waals surface area contributed by atoms with Crippen LogP contribution in [0.2, 0.25) is 0 Å². The molecule has 0 saturated heterocycles. The molecule has 0 spiro atoms. The van der Waals surface area contributed by atoms with E-state index in [1.54, 1.807) is 23.5 Å². The number of H-pyrrole nitrogens is 1. The van der Waals surface area contributed by atoms with Crippen LogP contribution in [0.25, 0.3) is 16.8 Å². The van der Waals surface area contributed by atoms with E-state index in [2.05, 4.69) is 63.6 Å². The molecule has 1 aromatic heterocycles. The van der Waals surface area contributed by atoms with Crippen molar-refractivity contribution in [2.45, 2.75) is 22.8 Å². The smallest absolute Gasteiger partial charge is 0.126 e. The number of aromatic amines is 1. The van der Waals surface area contributed by atoms with Crippen LogP contribution in [0.5, 0.6) is 0 Å². The molecule has 1 aromatic carbocycles. The lowest BCUT2D eigenvalue weighted by Crippen LogP contribution is -1.93. The van der Waals surface area contributed by atoms with Crippen LogP contribution in [0.4, 0.5) is 0 Å². The predicted octanol–water partition coefficient (Wildman–Crippen LogP) is 5.98. The van der Waals surface area contributed by atoms with E-state index in [1.807, 2.05) is 0 Å². The lowest BCUT2D eigenvalue weighted by atomic mass is 9.95. The number of thioether (sulfide) groups is 2. The second-order valence-electron chi connectivity index (χ2n) is 5.15. The Hall–Kier alpha value is -0.790. The highest BCUT2D eigenvalue weighted by Crippen LogP contribution is 2.39. The summed E-state index contributed by atoms with van der Waals surface area (Å²) in [4.78, 5) is 1.28. The molecule has 0 saturated carbocycles. The van der Waals surface area contributed by atoms with Crippen molar-refractivity contribution in [3.63, 3.8) is 0 Å². The van der Waals surface area contributed by atoms with Crippen LogP contribution in [0, 0.1) is 0 Å². The van der Waals surface area contributed by atoms with Gasteiger partial charge in [0, 0.05) is 16.0 Å². The van der Waals surface area contributed by atoms with Crippen molar-refractivity contribution in [1.82, 2.24) is 10.2 Å². The van der Waals surface area contributed by atoms with Crippen molar-refractivity contribution in [3.8, 4) is 11.3 Å².